The highest BCUT2D eigenvalue weighted by Gasteiger charge is 2.28. The first kappa shape index (κ1) is 14.1. The highest BCUT2D eigenvalue weighted by molar-refractivity contribution is 6.30. The Hall–Kier alpha value is -1.81. The molecule has 1 aromatic carbocycles. The van der Waals surface area contributed by atoms with E-state index in [-0.39, 0.29) is 0 Å². The molecule has 3 rings (SSSR count). The minimum Gasteiger partial charge on any atom is -0.370 e. The molecular formula is C16H19ClN4. The van der Waals surface area contributed by atoms with Crippen LogP contribution in [-0.4, -0.2) is 16.5 Å². The van der Waals surface area contributed by atoms with Crippen molar-refractivity contribution in [3.63, 3.8) is 0 Å². The fourth-order valence-corrected chi connectivity index (χ4v) is 2.32. The summed E-state index contributed by atoms with van der Waals surface area (Å²) in [5.41, 5.74) is 2.02. The molecule has 0 amide bonds. The lowest BCUT2D eigenvalue weighted by molar-refractivity contribution is 0.918. The second kappa shape index (κ2) is 5.90. The summed E-state index contributed by atoms with van der Waals surface area (Å²) in [6.45, 7) is 4.96. The Kier molecular flexibility index (Phi) is 3.97. The molecule has 0 saturated heterocycles. The van der Waals surface area contributed by atoms with Gasteiger partial charge < -0.3 is 10.6 Å². The van der Waals surface area contributed by atoms with Gasteiger partial charge in [-0.05, 0) is 51.0 Å². The molecule has 5 heteroatoms. The van der Waals surface area contributed by atoms with E-state index in [0.29, 0.717) is 5.92 Å². The van der Waals surface area contributed by atoms with Crippen LogP contribution in [0.2, 0.25) is 5.02 Å². The predicted octanol–water partition coefficient (Wildman–Crippen LogP) is 4.49. The second-order valence-corrected chi connectivity index (χ2v) is 5.78. The molecule has 0 radical (unpaired) electrons. The van der Waals surface area contributed by atoms with E-state index >= 15 is 0 Å². The Morgan fingerprint density at radius 3 is 2.43 bits per heavy atom. The molecule has 1 aliphatic rings. The molecule has 2 N–H and O–H groups in total. The molecule has 0 bridgehead atoms. The van der Waals surface area contributed by atoms with Crippen LogP contribution in [0.1, 0.15) is 37.1 Å². The molecule has 1 aromatic heterocycles. The monoisotopic (exact) mass is 302 g/mol. The van der Waals surface area contributed by atoms with Crippen molar-refractivity contribution in [1.29, 1.82) is 0 Å². The smallest absolute Gasteiger partial charge is 0.139 e. The third kappa shape index (κ3) is 3.27. The van der Waals surface area contributed by atoms with Crippen molar-refractivity contribution in [2.24, 2.45) is 0 Å². The van der Waals surface area contributed by atoms with E-state index < -0.39 is 0 Å². The zero-order chi connectivity index (χ0) is 14.8. The third-order valence-corrected chi connectivity index (χ3v) is 3.81. The van der Waals surface area contributed by atoms with Crippen molar-refractivity contribution in [2.45, 2.75) is 32.6 Å². The van der Waals surface area contributed by atoms with E-state index in [1.165, 1.54) is 12.8 Å². The van der Waals surface area contributed by atoms with Crippen LogP contribution in [0.5, 0.6) is 0 Å². The van der Waals surface area contributed by atoms with Crippen LogP contribution in [0.4, 0.5) is 17.3 Å². The Morgan fingerprint density at radius 1 is 1.14 bits per heavy atom. The number of hydrogen-bond acceptors (Lipinski definition) is 4. The van der Waals surface area contributed by atoms with Gasteiger partial charge in [-0.15, -0.1) is 0 Å². The molecule has 1 fully saturated rings. The molecule has 2 aromatic rings. The van der Waals surface area contributed by atoms with Crippen LogP contribution in [0.15, 0.2) is 24.3 Å². The minimum absolute atomic E-state index is 0.522. The van der Waals surface area contributed by atoms with E-state index in [2.05, 4.69) is 22.5 Å². The predicted molar refractivity (Wildman–Crippen MR) is 87.6 cm³/mol. The van der Waals surface area contributed by atoms with Gasteiger partial charge in [-0.3, -0.25) is 0 Å². The van der Waals surface area contributed by atoms with Gasteiger partial charge in [-0.25, -0.2) is 9.97 Å². The lowest BCUT2D eigenvalue weighted by Crippen LogP contribution is -2.09. The van der Waals surface area contributed by atoms with Crippen molar-refractivity contribution in [1.82, 2.24) is 9.97 Å². The zero-order valence-corrected chi connectivity index (χ0v) is 13.0. The average molecular weight is 303 g/mol. The number of hydrogen-bond donors (Lipinski definition) is 2. The first-order valence-electron chi connectivity index (χ1n) is 7.32. The molecule has 4 nitrogen and oxygen atoms in total. The lowest BCUT2D eigenvalue weighted by Gasteiger charge is -2.14. The summed E-state index contributed by atoms with van der Waals surface area (Å²) in [5, 5.41) is 7.42. The largest absolute Gasteiger partial charge is 0.370 e. The van der Waals surface area contributed by atoms with E-state index in [9.17, 15) is 0 Å². The molecule has 1 aliphatic carbocycles. The first-order valence-corrected chi connectivity index (χ1v) is 7.70. The van der Waals surface area contributed by atoms with E-state index in [4.69, 9.17) is 16.6 Å². The first-order chi connectivity index (χ1) is 10.2. The van der Waals surface area contributed by atoms with Crippen LogP contribution in [0.3, 0.4) is 0 Å². The highest BCUT2D eigenvalue weighted by Crippen LogP contribution is 2.39. The summed E-state index contributed by atoms with van der Waals surface area (Å²) in [5.74, 6) is 3.25. The summed E-state index contributed by atoms with van der Waals surface area (Å²) >= 11 is 5.92. The van der Waals surface area contributed by atoms with E-state index in [0.717, 1.165) is 40.3 Å². The second-order valence-electron chi connectivity index (χ2n) is 5.34. The number of aromatic nitrogens is 2. The topological polar surface area (TPSA) is 49.8 Å². The third-order valence-electron chi connectivity index (χ3n) is 3.56. The van der Waals surface area contributed by atoms with Gasteiger partial charge in [-0.2, -0.15) is 0 Å². The van der Waals surface area contributed by atoms with Crippen LogP contribution in [-0.2, 0) is 0 Å². The summed E-state index contributed by atoms with van der Waals surface area (Å²) in [4.78, 5) is 9.36. The molecule has 110 valence electrons. The molecule has 0 atom stereocenters. The summed E-state index contributed by atoms with van der Waals surface area (Å²) in [6.07, 6.45) is 2.38. The molecular weight excluding hydrogens is 284 g/mol. The lowest BCUT2D eigenvalue weighted by atomic mass is 10.2. The van der Waals surface area contributed by atoms with Gasteiger partial charge in [0.25, 0.3) is 0 Å². The van der Waals surface area contributed by atoms with Gasteiger partial charge in [0.15, 0.2) is 0 Å². The SMILES string of the molecule is CCNc1nc(C2CC2)nc(Nc2ccc(Cl)cc2)c1C. The van der Waals surface area contributed by atoms with Crippen LogP contribution in [0.25, 0.3) is 0 Å². The van der Waals surface area contributed by atoms with Gasteiger partial charge >= 0.3 is 0 Å². The number of nitrogens with one attached hydrogen (secondary N) is 2. The summed E-state index contributed by atoms with van der Waals surface area (Å²) < 4.78 is 0. The quantitative estimate of drug-likeness (QED) is 0.854. The maximum absolute atomic E-state index is 5.92. The molecule has 1 saturated carbocycles. The van der Waals surface area contributed by atoms with Crippen molar-refractivity contribution in [3.8, 4) is 0 Å². The van der Waals surface area contributed by atoms with Crippen molar-refractivity contribution >= 4 is 28.9 Å². The Labute approximate surface area is 130 Å². The van der Waals surface area contributed by atoms with Crippen LogP contribution in [0, 0.1) is 6.92 Å². The normalized spacial score (nSPS) is 14.0. The van der Waals surface area contributed by atoms with Crippen LogP contribution >= 0.6 is 11.6 Å². The standard InChI is InChI=1S/C16H19ClN4/c1-3-18-14-10(2)15(21-16(20-14)11-4-5-11)19-13-8-6-12(17)7-9-13/h6-9,11H,3-5H2,1-2H3,(H2,18,19,20,21). The highest BCUT2D eigenvalue weighted by atomic mass is 35.5. The Bertz CT molecular complexity index is 635. The fraction of sp³-hybridized carbons (Fsp3) is 0.375. The number of benzene rings is 1. The Balaban J connectivity index is 1.93. The Morgan fingerprint density at radius 2 is 1.81 bits per heavy atom. The minimum atomic E-state index is 0.522. The molecule has 0 unspecified atom stereocenters. The van der Waals surface area contributed by atoms with Gasteiger partial charge in [-0.1, -0.05) is 11.6 Å². The fourth-order valence-electron chi connectivity index (χ4n) is 2.19. The van der Waals surface area contributed by atoms with E-state index in [1.807, 2.05) is 31.2 Å². The van der Waals surface area contributed by atoms with Crippen LogP contribution < -0.4 is 10.6 Å². The number of anilines is 3. The van der Waals surface area contributed by atoms with Gasteiger partial charge in [0.1, 0.15) is 17.5 Å². The maximum atomic E-state index is 5.92. The van der Waals surface area contributed by atoms with Gasteiger partial charge in [0, 0.05) is 28.7 Å². The molecule has 1 heterocycles. The summed E-state index contributed by atoms with van der Waals surface area (Å²) in [7, 11) is 0. The van der Waals surface area contributed by atoms with Crippen molar-refractivity contribution < 1.29 is 0 Å². The molecule has 0 spiro atoms. The molecule has 21 heavy (non-hydrogen) atoms. The van der Waals surface area contributed by atoms with Gasteiger partial charge in [0.2, 0.25) is 0 Å². The van der Waals surface area contributed by atoms with E-state index in [1.54, 1.807) is 0 Å². The maximum Gasteiger partial charge on any atom is 0.139 e. The number of rotatable bonds is 5. The summed E-state index contributed by atoms with van der Waals surface area (Å²) in [6, 6.07) is 7.64. The van der Waals surface area contributed by atoms with Crippen molar-refractivity contribution in [3.05, 3.63) is 40.7 Å². The average Bonchev–Trinajstić information content (AvgIpc) is 3.30. The van der Waals surface area contributed by atoms with Gasteiger partial charge in [0.05, 0.1) is 0 Å². The number of halogens is 1. The molecule has 0 aliphatic heterocycles. The zero-order valence-electron chi connectivity index (χ0n) is 12.3. The van der Waals surface area contributed by atoms with Crippen molar-refractivity contribution in [2.75, 3.05) is 17.2 Å². The number of nitrogens with zero attached hydrogens (tertiary/aromatic N) is 2.